The van der Waals surface area contributed by atoms with E-state index in [2.05, 4.69) is 46.8 Å². The average Bonchev–Trinajstić information content (AvgIpc) is 2.74. The molecule has 0 aliphatic carbocycles. The van der Waals surface area contributed by atoms with Crippen molar-refractivity contribution >= 4 is 33.4 Å². The van der Waals surface area contributed by atoms with Crippen molar-refractivity contribution in [3.63, 3.8) is 0 Å². The van der Waals surface area contributed by atoms with Gasteiger partial charge in [-0.3, -0.25) is 4.79 Å². The maximum atomic E-state index is 12.3. The minimum atomic E-state index is -0.0106. The Morgan fingerprint density at radius 2 is 1.91 bits per heavy atom. The first-order valence-corrected chi connectivity index (χ1v) is 12.6. The van der Waals surface area contributed by atoms with Crippen LogP contribution in [-0.4, -0.2) is 55.5 Å². The number of halogens is 2. The molecule has 3 rings (SSSR count). The Hall–Kier alpha value is -1.56. The predicted molar refractivity (Wildman–Crippen MR) is 136 cm³/mol. The van der Waals surface area contributed by atoms with E-state index in [1.165, 1.54) is 22.9 Å². The van der Waals surface area contributed by atoms with Crippen LogP contribution in [0.5, 0.6) is 5.75 Å². The van der Waals surface area contributed by atoms with Crippen LogP contribution in [0.4, 0.5) is 0 Å². The fourth-order valence-corrected chi connectivity index (χ4v) is 4.91. The lowest BCUT2D eigenvalue weighted by molar-refractivity contribution is 0.0827. The topological polar surface area (TPSA) is 32.8 Å². The first kappa shape index (κ1) is 25.1. The first-order valence-electron chi connectivity index (χ1n) is 11.4. The van der Waals surface area contributed by atoms with E-state index in [1.807, 2.05) is 18.2 Å². The van der Waals surface area contributed by atoms with Gasteiger partial charge in [-0.25, -0.2) is 0 Å². The summed E-state index contributed by atoms with van der Waals surface area (Å²) in [5, 5.41) is 0.626. The average molecular weight is 522 g/mol. The number of carbonyl (C=O) groups excluding carboxylic acids is 1. The van der Waals surface area contributed by atoms with E-state index in [0.29, 0.717) is 16.5 Å². The number of rotatable bonds is 8. The van der Waals surface area contributed by atoms with Gasteiger partial charge in [-0.05, 0) is 106 Å². The third-order valence-electron chi connectivity index (χ3n) is 5.93. The number of hydrogen-bond acceptors (Lipinski definition) is 3. The van der Waals surface area contributed by atoms with Gasteiger partial charge in [-0.2, -0.15) is 0 Å². The molecule has 32 heavy (non-hydrogen) atoms. The van der Waals surface area contributed by atoms with Gasteiger partial charge in [-0.15, -0.1) is 0 Å². The lowest BCUT2D eigenvalue weighted by Crippen LogP contribution is -2.35. The summed E-state index contributed by atoms with van der Waals surface area (Å²) in [6, 6.07) is 12.0. The minimum Gasteiger partial charge on any atom is -0.491 e. The summed E-state index contributed by atoms with van der Waals surface area (Å²) in [4.78, 5) is 16.4. The Kier molecular flexibility index (Phi) is 9.04. The van der Waals surface area contributed by atoms with Gasteiger partial charge in [0.2, 0.25) is 0 Å². The van der Waals surface area contributed by atoms with Crippen molar-refractivity contribution in [3.8, 4) is 5.75 Å². The molecule has 2 aromatic rings. The van der Waals surface area contributed by atoms with Gasteiger partial charge in [0.15, 0.2) is 0 Å². The highest BCUT2D eigenvalue weighted by molar-refractivity contribution is 9.10. The van der Waals surface area contributed by atoms with E-state index in [9.17, 15) is 4.79 Å². The molecule has 174 valence electrons. The number of carbonyl (C=O) groups is 1. The molecular formula is C26H34BrClN2O2. The summed E-state index contributed by atoms with van der Waals surface area (Å²) in [5.74, 6) is 1.63. The van der Waals surface area contributed by atoms with Gasteiger partial charge in [0, 0.05) is 35.7 Å². The van der Waals surface area contributed by atoms with E-state index in [1.54, 1.807) is 25.1 Å². The molecule has 1 saturated heterocycles. The molecule has 0 spiro atoms. The molecule has 1 fully saturated rings. The molecule has 0 radical (unpaired) electrons. The summed E-state index contributed by atoms with van der Waals surface area (Å²) in [7, 11) is 3.53. The summed E-state index contributed by atoms with van der Waals surface area (Å²) in [5.41, 5.74) is 3.11. The minimum absolute atomic E-state index is 0.0106. The lowest BCUT2D eigenvalue weighted by Gasteiger charge is -2.32. The fraction of sp³-hybridized carbons (Fsp3) is 0.500. The van der Waals surface area contributed by atoms with E-state index in [4.69, 9.17) is 16.3 Å². The number of piperidine rings is 1. The Balaban J connectivity index is 1.51. The molecule has 6 heteroatoms. The highest BCUT2D eigenvalue weighted by atomic mass is 79.9. The molecule has 1 aliphatic rings. The first-order chi connectivity index (χ1) is 15.2. The molecule has 1 aliphatic heterocycles. The molecule has 0 aromatic heterocycles. The third-order valence-corrected chi connectivity index (χ3v) is 6.92. The van der Waals surface area contributed by atoms with Crippen LogP contribution in [0.25, 0.3) is 0 Å². The van der Waals surface area contributed by atoms with Crippen molar-refractivity contribution in [1.29, 1.82) is 0 Å². The zero-order valence-electron chi connectivity index (χ0n) is 19.5. The smallest absolute Gasteiger partial charge is 0.253 e. The van der Waals surface area contributed by atoms with Crippen LogP contribution in [-0.2, 0) is 12.8 Å². The van der Waals surface area contributed by atoms with Gasteiger partial charge in [0.25, 0.3) is 5.91 Å². The van der Waals surface area contributed by atoms with Crippen molar-refractivity contribution in [1.82, 2.24) is 9.80 Å². The van der Waals surface area contributed by atoms with E-state index in [0.717, 1.165) is 43.8 Å². The van der Waals surface area contributed by atoms with Crippen molar-refractivity contribution in [2.45, 2.75) is 45.6 Å². The monoisotopic (exact) mass is 520 g/mol. The molecule has 0 atom stereocenters. The Bertz CT molecular complexity index is 924. The second-order valence-electron chi connectivity index (χ2n) is 9.21. The van der Waals surface area contributed by atoms with Crippen LogP contribution in [0.1, 0.15) is 48.2 Å². The van der Waals surface area contributed by atoms with Crippen LogP contribution in [0, 0.1) is 5.92 Å². The standard InChI is InChI=1S/C26H34BrClN2O2/c1-18(2)32-24-5-6-25(27)21(17-24)13-19-7-10-30(11-8-19)12-9-20-14-22(16-23(28)15-20)26(31)29(3)4/h5-6,14-19H,7-13H2,1-4H3. The molecular weight excluding hydrogens is 488 g/mol. The SMILES string of the molecule is CC(C)Oc1ccc(Br)c(CC2CCN(CCc3cc(Cl)cc(C(=O)N(C)C)c3)CC2)c1. The predicted octanol–water partition coefficient (Wildman–Crippen LogP) is 6.09. The molecule has 0 N–H and O–H groups in total. The molecule has 1 heterocycles. The van der Waals surface area contributed by atoms with Crippen LogP contribution < -0.4 is 4.74 Å². The van der Waals surface area contributed by atoms with E-state index < -0.39 is 0 Å². The number of nitrogens with zero attached hydrogens (tertiary/aromatic N) is 2. The molecule has 4 nitrogen and oxygen atoms in total. The molecule has 1 amide bonds. The molecule has 0 unspecified atom stereocenters. The second-order valence-corrected chi connectivity index (χ2v) is 10.5. The van der Waals surface area contributed by atoms with Gasteiger partial charge in [0.1, 0.15) is 5.75 Å². The van der Waals surface area contributed by atoms with Crippen LogP contribution in [0.15, 0.2) is 40.9 Å². The van der Waals surface area contributed by atoms with Gasteiger partial charge < -0.3 is 14.5 Å². The largest absolute Gasteiger partial charge is 0.491 e. The van der Waals surface area contributed by atoms with Crippen LogP contribution in [0.3, 0.4) is 0 Å². The third kappa shape index (κ3) is 7.23. The Morgan fingerprint density at radius 1 is 1.19 bits per heavy atom. The van der Waals surface area contributed by atoms with Gasteiger partial charge in [-0.1, -0.05) is 27.5 Å². The van der Waals surface area contributed by atoms with E-state index >= 15 is 0 Å². The number of hydrogen-bond donors (Lipinski definition) is 0. The summed E-state index contributed by atoms with van der Waals surface area (Å²) in [6.07, 6.45) is 4.56. The van der Waals surface area contributed by atoms with Crippen molar-refractivity contribution in [2.75, 3.05) is 33.7 Å². The number of ether oxygens (including phenoxy) is 1. The molecule has 2 aromatic carbocycles. The zero-order valence-corrected chi connectivity index (χ0v) is 21.9. The van der Waals surface area contributed by atoms with Crippen molar-refractivity contribution in [2.24, 2.45) is 5.92 Å². The molecule has 0 bridgehead atoms. The summed E-state index contributed by atoms with van der Waals surface area (Å²) >= 11 is 9.98. The summed E-state index contributed by atoms with van der Waals surface area (Å²) < 4.78 is 7.04. The van der Waals surface area contributed by atoms with E-state index in [-0.39, 0.29) is 12.0 Å². The summed E-state index contributed by atoms with van der Waals surface area (Å²) in [6.45, 7) is 7.32. The molecule has 0 saturated carbocycles. The fourth-order valence-electron chi connectivity index (χ4n) is 4.24. The maximum absolute atomic E-state index is 12.3. The van der Waals surface area contributed by atoms with Crippen molar-refractivity contribution in [3.05, 3.63) is 62.6 Å². The Labute approximate surface area is 206 Å². The number of benzene rings is 2. The Morgan fingerprint density at radius 3 is 2.56 bits per heavy atom. The lowest BCUT2D eigenvalue weighted by atomic mass is 9.90. The van der Waals surface area contributed by atoms with Crippen LogP contribution in [0.2, 0.25) is 5.02 Å². The quantitative estimate of drug-likeness (QED) is 0.421. The number of amides is 1. The van der Waals surface area contributed by atoms with Crippen molar-refractivity contribution < 1.29 is 9.53 Å². The van der Waals surface area contributed by atoms with Gasteiger partial charge >= 0.3 is 0 Å². The maximum Gasteiger partial charge on any atom is 0.253 e. The highest BCUT2D eigenvalue weighted by Crippen LogP contribution is 2.29. The van der Waals surface area contributed by atoms with Gasteiger partial charge in [0.05, 0.1) is 6.10 Å². The van der Waals surface area contributed by atoms with Crippen LogP contribution >= 0.6 is 27.5 Å². The highest BCUT2D eigenvalue weighted by Gasteiger charge is 2.21. The normalized spacial score (nSPS) is 15.2. The number of likely N-dealkylation sites (tertiary alicyclic amines) is 1. The zero-order chi connectivity index (χ0) is 23.3. The second kappa shape index (κ2) is 11.5.